The van der Waals surface area contributed by atoms with E-state index in [9.17, 15) is 22.4 Å². The Balaban J connectivity index is 2.53. The Kier molecular flexibility index (Phi) is 9.62. The van der Waals surface area contributed by atoms with E-state index in [4.69, 9.17) is 0 Å². The fourth-order valence-corrected chi connectivity index (χ4v) is 4.72. The molecule has 1 N–H and O–H groups in total. The second kappa shape index (κ2) is 11.8. The minimum Gasteiger partial charge on any atom is -0.350 e. The van der Waals surface area contributed by atoms with Crippen LogP contribution >= 0.6 is 0 Å². The van der Waals surface area contributed by atoms with Crippen molar-refractivity contribution >= 4 is 27.7 Å². The van der Waals surface area contributed by atoms with Crippen LogP contribution in [0.2, 0.25) is 0 Å². The first-order valence-corrected chi connectivity index (χ1v) is 13.2. The third kappa shape index (κ3) is 7.51. The molecule has 8 nitrogen and oxygen atoms in total. The number of amides is 2. The molecule has 0 saturated heterocycles. The summed E-state index contributed by atoms with van der Waals surface area (Å²) < 4.78 is 41.8. The minimum atomic E-state index is -4.10. The molecule has 0 aliphatic carbocycles. The number of aryl methyl sites for hydroxylation is 1. The summed E-state index contributed by atoms with van der Waals surface area (Å²) in [5.74, 6) is -1.40. The van der Waals surface area contributed by atoms with E-state index in [0.717, 1.165) is 31.9 Å². The summed E-state index contributed by atoms with van der Waals surface area (Å²) in [6, 6.07) is 11.6. The molecule has 10 heteroatoms. The SMILES string of the molecule is CC[C@H](C(=O)NC(C)(C)C)N(Cc1ccccc1C)C(=O)CN(c1ccc(F)cc1)S(=O)(=O)N(C)C. The van der Waals surface area contributed by atoms with Crippen molar-refractivity contribution in [2.24, 2.45) is 0 Å². The lowest BCUT2D eigenvalue weighted by Crippen LogP contribution is -2.55. The largest absolute Gasteiger partial charge is 0.350 e. The van der Waals surface area contributed by atoms with E-state index < -0.39 is 40.1 Å². The predicted octanol–water partition coefficient (Wildman–Crippen LogP) is 3.47. The Hall–Kier alpha value is -2.98. The summed E-state index contributed by atoms with van der Waals surface area (Å²) in [6.07, 6.45) is 0.330. The zero-order chi connectivity index (χ0) is 27.3. The van der Waals surface area contributed by atoms with E-state index in [1.807, 2.05) is 52.0 Å². The molecule has 0 unspecified atom stereocenters. The van der Waals surface area contributed by atoms with Crippen LogP contribution in [0.5, 0.6) is 0 Å². The van der Waals surface area contributed by atoms with Crippen molar-refractivity contribution < 1.29 is 22.4 Å². The van der Waals surface area contributed by atoms with Crippen molar-refractivity contribution in [2.45, 2.75) is 59.2 Å². The molecule has 0 saturated carbocycles. The molecule has 198 valence electrons. The van der Waals surface area contributed by atoms with Gasteiger partial charge in [-0.3, -0.25) is 9.59 Å². The van der Waals surface area contributed by atoms with Crippen LogP contribution in [0.1, 0.15) is 45.2 Å². The minimum absolute atomic E-state index is 0.126. The lowest BCUT2D eigenvalue weighted by atomic mass is 10.0. The zero-order valence-electron chi connectivity index (χ0n) is 22.1. The average molecular weight is 521 g/mol. The molecular formula is C26H37FN4O4S. The van der Waals surface area contributed by atoms with Crippen molar-refractivity contribution in [3.8, 4) is 0 Å². The van der Waals surface area contributed by atoms with E-state index in [2.05, 4.69) is 5.32 Å². The third-order valence-corrected chi connectivity index (χ3v) is 7.44. The number of benzene rings is 2. The van der Waals surface area contributed by atoms with Gasteiger partial charge in [0, 0.05) is 26.2 Å². The Morgan fingerprint density at radius 3 is 2.11 bits per heavy atom. The van der Waals surface area contributed by atoms with Crippen LogP contribution in [-0.4, -0.2) is 61.7 Å². The van der Waals surface area contributed by atoms with Gasteiger partial charge in [-0.25, -0.2) is 8.70 Å². The fraction of sp³-hybridized carbons (Fsp3) is 0.462. The van der Waals surface area contributed by atoms with Crippen molar-refractivity contribution in [2.75, 3.05) is 24.9 Å². The number of anilines is 1. The smallest absolute Gasteiger partial charge is 0.304 e. The van der Waals surface area contributed by atoms with Crippen molar-refractivity contribution in [1.82, 2.24) is 14.5 Å². The van der Waals surface area contributed by atoms with Crippen molar-refractivity contribution in [1.29, 1.82) is 0 Å². The highest BCUT2D eigenvalue weighted by Gasteiger charge is 2.34. The van der Waals surface area contributed by atoms with Gasteiger partial charge in [-0.1, -0.05) is 31.2 Å². The number of hydrogen-bond donors (Lipinski definition) is 1. The van der Waals surface area contributed by atoms with Gasteiger partial charge in [0.1, 0.15) is 18.4 Å². The van der Waals surface area contributed by atoms with Crippen LogP contribution in [0.4, 0.5) is 10.1 Å². The van der Waals surface area contributed by atoms with Gasteiger partial charge in [-0.15, -0.1) is 0 Å². The molecule has 0 radical (unpaired) electrons. The summed E-state index contributed by atoms with van der Waals surface area (Å²) in [5, 5.41) is 2.93. The highest BCUT2D eigenvalue weighted by Crippen LogP contribution is 2.22. The molecule has 0 aromatic heterocycles. The highest BCUT2D eigenvalue weighted by molar-refractivity contribution is 7.90. The lowest BCUT2D eigenvalue weighted by molar-refractivity contribution is -0.141. The van der Waals surface area contributed by atoms with Gasteiger partial charge in [0.25, 0.3) is 0 Å². The van der Waals surface area contributed by atoms with Gasteiger partial charge in [-0.05, 0) is 69.5 Å². The molecule has 0 bridgehead atoms. The van der Waals surface area contributed by atoms with Crippen LogP contribution < -0.4 is 9.62 Å². The molecule has 0 fully saturated rings. The van der Waals surface area contributed by atoms with Gasteiger partial charge in [-0.2, -0.15) is 12.7 Å². The first kappa shape index (κ1) is 29.3. The van der Waals surface area contributed by atoms with E-state index >= 15 is 0 Å². The number of nitrogens with zero attached hydrogens (tertiary/aromatic N) is 3. The number of carbonyl (C=O) groups excluding carboxylic acids is 2. The predicted molar refractivity (Wildman–Crippen MR) is 140 cm³/mol. The van der Waals surface area contributed by atoms with Gasteiger partial charge >= 0.3 is 10.2 Å². The van der Waals surface area contributed by atoms with Crippen molar-refractivity contribution in [3.05, 3.63) is 65.5 Å². The maximum absolute atomic E-state index is 13.8. The quantitative estimate of drug-likeness (QED) is 0.520. The highest BCUT2D eigenvalue weighted by atomic mass is 32.2. The Morgan fingerprint density at radius 2 is 1.61 bits per heavy atom. The third-order valence-electron chi connectivity index (χ3n) is 5.62. The Morgan fingerprint density at radius 1 is 1.03 bits per heavy atom. The Bertz CT molecular complexity index is 1160. The molecular weight excluding hydrogens is 483 g/mol. The molecule has 2 aromatic carbocycles. The van der Waals surface area contributed by atoms with E-state index in [-0.39, 0.29) is 18.1 Å². The van der Waals surface area contributed by atoms with E-state index in [0.29, 0.717) is 6.42 Å². The first-order chi connectivity index (χ1) is 16.7. The number of rotatable bonds is 10. The molecule has 2 rings (SSSR count). The summed E-state index contributed by atoms with van der Waals surface area (Å²) in [4.78, 5) is 28.4. The maximum Gasteiger partial charge on any atom is 0.304 e. The van der Waals surface area contributed by atoms with E-state index in [1.165, 1.54) is 31.1 Å². The van der Waals surface area contributed by atoms with E-state index in [1.54, 1.807) is 6.92 Å². The van der Waals surface area contributed by atoms with Gasteiger partial charge in [0.15, 0.2) is 0 Å². The molecule has 0 aliphatic rings. The van der Waals surface area contributed by atoms with Crippen LogP contribution in [0, 0.1) is 12.7 Å². The topological polar surface area (TPSA) is 90.0 Å². The summed E-state index contributed by atoms with van der Waals surface area (Å²) in [7, 11) is -1.39. The molecule has 0 aliphatic heterocycles. The summed E-state index contributed by atoms with van der Waals surface area (Å²) in [6.45, 7) is 8.84. The second-order valence-corrected chi connectivity index (χ2v) is 12.0. The monoisotopic (exact) mass is 520 g/mol. The second-order valence-electron chi connectivity index (χ2n) is 9.88. The average Bonchev–Trinajstić information content (AvgIpc) is 2.77. The normalized spacial score (nSPS) is 12.8. The van der Waals surface area contributed by atoms with Gasteiger partial charge < -0.3 is 10.2 Å². The fourth-order valence-electron chi connectivity index (χ4n) is 3.67. The zero-order valence-corrected chi connectivity index (χ0v) is 22.9. The number of carbonyl (C=O) groups is 2. The molecule has 1 atom stereocenters. The van der Waals surface area contributed by atoms with Crippen LogP contribution in [0.3, 0.4) is 0 Å². The Labute approximate surface area is 214 Å². The van der Waals surface area contributed by atoms with Gasteiger partial charge in [0.2, 0.25) is 11.8 Å². The van der Waals surface area contributed by atoms with Crippen LogP contribution in [-0.2, 0) is 26.3 Å². The first-order valence-electron chi connectivity index (χ1n) is 11.8. The number of hydrogen-bond acceptors (Lipinski definition) is 4. The summed E-state index contributed by atoms with van der Waals surface area (Å²) in [5.41, 5.74) is 1.41. The lowest BCUT2D eigenvalue weighted by Gasteiger charge is -2.35. The number of nitrogens with one attached hydrogen (secondary N) is 1. The molecule has 36 heavy (non-hydrogen) atoms. The molecule has 2 aromatic rings. The molecule has 0 spiro atoms. The maximum atomic E-state index is 13.8. The molecule has 0 heterocycles. The number of halogens is 1. The molecule has 2 amide bonds. The van der Waals surface area contributed by atoms with Crippen LogP contribution in [0.15, 0.2) is 48.5 Å². The standard InChI is InChI=1S/C26H37FN4O4S/c1-8-23(25(33)28-26(3,4)5)30(17-20-12-10-9-11-19(20)2)24(32)18-31(36(34,35)29(6)7)22-15-13-21(27)14-16-22/h9-16,23H,8,17-18H2,1-7H3,(H,28,33)/t23-/m1/s1. The summed E-state index contributed by atoms with van der Waals surface area (Å²) >= 11 is 0. The van der Waals surface area contributed by atoms with Gasteiger partial charge in [0.05, 0.1) is 5.69 Å². The van der Waals surface area contributed by atoms with Crippen LogP contribution in [0.25, 0.3) is 0 Å². The van der Waals surface area contributed by atoms with Crippen molar-refractivity contribution in [3.63, 3.8) is 0 Å².